The number of para-hydroxylation sites is 1. The summed E-state index contributed by atoms with van der Waals surface area (Å²) in [6, 6.07) is 9.81. The zero-order chi connectivity index (χ0) is 14.7. The van der Waals surface area contributed by atoms with Gasteiger partial charge in [-0.1, -0.05) is 44.4 Å². The topological polar surface area (TPSA) is 50.9 Å². The van der Waals surface area contributed by atoms with E-state index in [0.717, 1.165) is 24.4 Å². The third-order valence-electron chi connectivity index (χ3n) is 4.65. The fraction of sp³-hybridized carbons (Fsp3) is 0.529. The number of aliphatic hydroxyl groups is 1. The lowest BCUT2D eigenvalue weighted by Gasteiger charge is -2.30. The minimum Gasteiger partial charge on any atom is -0.386 e. The van der Waals surface area contributed by atoms with Gasteiger partial charge in [-0.25, -0.2) is 0 Å². The predicted octanol–water partition coefficient (Wildman–Crippen LogP) is 3.52. The Morgan fingerprint density at radius 3 is 2.86 bits per heavy atom. The average molecular weight is 285 g/mol. The lowest BCUT2D eigenvalue weighted by Crippen LogP contribution is -2.21. The van der Waals surface area contributed by atoms with Gasteiger partial charge in [0.15, 0.2) is 0 Å². The van der Waals surface area contributed by atoms with E-state index in [9.17, 15) is 5.11 Å². The Bertz CT molecular complexity index is 566. The van der Waals surface area contributed by atoms with Gasteiger partial charge in [0.1, 0.15) is 11.8 Å². The van der Waals surface area contributed by atoms with Gasteiger partial charge in [0.2, 0.25) is 0 Å². The number of hydrogen-bond acceptors (Lipinski definition) is 3. The molecular formula is C17H23N3O. The standard InChI is InChI=1S/C17H23N3O/c1-2-13-7-6-8-14(11-13)17(21)16-12-18-20(19-16)15-9-4-3-5-10-15/h3-5,9-10,12-14,17,21H,2,6-8,11H2,1H3. The molecule has 0 aliphatic heterocycles. The summed E-state index contributed by atoms with van der Waals surface area (Å²) < 4.78 is 0. The monoisotopic (exact) mass is 285 g/mol. The van der Waals surface area contributed by atoms with Crippen molar-refractivity contribution in [3.05, 3.63) is 42.2 Å². The largest absolute Gasteiger partial charge is 0.386 e. The van der Waals surface area contributed by atoms with Gasteiger partial charge in [0.25, 0.3) is 0 Å². The maximum absolute atomic E-state index is 10.6. The number of benzene rings is 1. The summed E-state index contributed by atoms with van der Waals surface area (Å²) >= 11 is 0. The van der Waals surface area contributed by atoms with Crippen molar-refractivity contribution in [2.75, 3.05) is 0 Å². The second-order valence-electron chi connectivity index (χ2n) is 6.04. The van der Waals surface area contributed by atoms with E-state index in [1.54, 1.807) is 11.0 Å². The molecule has 3 rings (SSSR count). The molecular weight excluding hydrogens is 262 g/mol. The van der Waals surface area contributed by atoms with Gasteiger partial charge in [-0.2, -0.15) is 15.0 Å². The van der Waals surface area contributed by atoms with Crippen LogP contribution in [0.25, 0.3) is 5.69 Å². The van der Waals surface area contributed by atoms with Crippen molar-refractivity contribution < 1.29 is 5.11 Å². The first-order valence-corrected chi connectivity index (χ1v) is 7.93. The summed E-state index contributed by atoms with van der Waals surface area (Å²) in [5.41, 5.74) is 1.62. The van der Waals surface area contributed by atoms with E-state index in [-0.39, 0.29) is 0 Å². The molecule has 1 saturated carbocycles. The van der Waals surface area contributed by atoms with E-state index in [4.69, 9.17) is 0 Å². The SMILES string of the molecule is CCC1CCCC(C(O)c2cnn(-c3ccccc3)n2)C1. The van der Waals surface area contributed by atoms with Gasteiger partial charge in [0.05, 0.1) is 11.9 Å². The van der Waals surface area contributed by atoms with Gasteiger partial charge in [0, 0.05) is 0 Å². The lowest BCUT2D eigenvalue weighted by atomic mass is 9.77. The van der Waals surface area contributed by atoms with Crippen LogP contribution in [0, 0.1) is 11.8 Å². The molecule has 1 heterocycles. The first kappa shape index (κ1) is 14.3. The Labute approximate surface area is 125 Å². The van der Waals surface area contributed by atoms with Crippen LogP contribution in [0.1, 0.15) is 50.8 Å². The van der Waals surface area contributed by atoms with Crippen LogP contribution in [0.5, 0.6) is 0 Å². The Morgan fingerprint density at radius 1 is 1.29 bits per heavy atom. The minimum absolute atomic E-state index is 0.324. The van der Waals surface area contributed by atoms with Crippen LogP contribution < -0.4 is 0 Å². The molecule has 112 valence electrons. The van der Waals surface area contributed by atoms with E-state index in [1.165, 1.54) is 19.3 Å². The van der Waals surface area contributed by atoms with Crippen LogP contribution in [0.15, 0.2) is 36.5 Å². The molecule has 1 aliphatic rings. The first-order chi connectivity index (χ1) is 10.3. The summed E-state index contributed by atoms with van der Waals surface area (Å²) in [7, 11) is 0. The molecule has 0 bridgehead atoms. The number of aromatic nitrogens is 3. The van der Waals surface area contributed by atoms with Crippen molar-refractivity contribution in [1.82, 2.24) is 15.0 Å². The van der Waals surface area contributed by atoms with Crippen LogP contribution in [0.2, 0.25) is 0 Å². The molecule has 1 fully saturated rings. The number of hydrogen-bond donors (Lipinski definition) is 1. The van der Waals surface area contributed by atoms with Crippen molar-refractivity contribution >= 4 is 0 Å². The van der Waals surface area contributed by atoms with E-state index < -0.39 is 6.10 Å². The number of rotatable bonds is 4. The summed E-state index contributed by atoms with van der Waals surface area (Å²) in [6.45, 7) is 2.24. The molecule has 0 radical (unpaired) electrons. The van der Waals surface area contributed by atoms with E-state index >= 15 is 0 Å². The Morgan fingerprint density at radius 2 is 2.10 bits per heavy atom. The van der Waals surface area contributed by atoms with Crippen molar-refractivity contribution in [3.63, 3.8) is 0 Å². The lowest BCUT2D eigenvalue weighted by molar-refractivity contribution is 0.0642. The van der Waals surface area contributed by atoms with Crippen LogP contribution >= 0.6 is 0 Å². The van der Waals surface area contributed by atoms with Crippen molar-refractivity contribution in [3.8, 4) is 5.69 Å². The highest BCUT2D eigenvalue weighted by Gasteiger charge is 2.29. The maximum Gasteiger partial charge on any atom is 0.112 e. The van der Waals surface area contributed by atoms with Crippen LogP contribution in [-0.4, -0.2) is 20.1 Å². The molecule has 4 heteroatoms. The van der Waals surface area contributed by atoms with Gasteiger partial charge in [-0.15, -0.1) is 0 Å². The smallest absolute Gasteiger partial charge is 0.112 e. The molecule has 0 spiro atoms. The fourth-order valence-corrected chi connectivity index (χ4v) is 3.33. The summed E-state index contributed by atoms with van der Waals surface area (Å²) in [4.78, 5) is 1.60. The molecule has 4 nitrogen and oxygen atoms in total. The highest BCUT2D eigenvalue weighted by atomic mass is 16.3. The van der Waals surface area contributed by atoms with Gasteiger partial charge < -0.3 is 5.11 Å². The first-order valence-electron chi connectivity index (χ1n) is 7.93. The number of nitrogens with zero attached hydrogens (tertiary/aromatic N) is 3. The van der Waals surface area contributed by atoms with E-state index in [0.29, 0.717) is 11.6 Å². The average Bonchev–Trinajstić information content (AvgIpc) is 3.05. The highest BCUT2D eigenvalue weighted by Crippen LogP contribution is 2.37. The fourth-order valence-electron chi connectivity index (χ4n) is 3.33. The van der Waals surface area contributed by atoms with Crippen LogP contribution in [0.4, 0.5) is 0 Å². The zero-order valence-corrected chi connectivity index (χ0v) is 12.5. The summed E-state index contributed by atoms with van der Waals surface area (Å²) in [6.07, 6.45) is 7.14. The minimum atomic E-state index is -0.489. The van der Waals surface area contributed by atoms with Gasteiger partial charge in [-0.05, 0) is 36.8 Å². The third kappa shape index (κ3) is 3.16. The van der Waals surface area contributed by atoms with Crippen LogP contribution in [-0.2, 0) is 0 Å². The molecule has 0 amide bonds. The normalized spacial score (nSPS) is 23.9. The summed E-state index contributed by atoms with van der Waals surface area (Å²) in [5.74, 6) is 1.08. The van der Waals surface area contributed by atoms with E-state index in [2.05, 4.69) is 17.1 Å². The molecule has 2 aromatic rings. The Balaban J connectivity index is 1.73. The second-order valence-corrected chi connectivity index (χ2v) is 6.04. The molecule has 3 unspecified atom stereocenters. The Kier molecular flexibility index (Phi) is 4.34. The molecule has 1 N–H and O–H groups in total. The molecule has 1 aromatic carbocycles. The Hall–Kier alpha value is -1.68. The predicted molar refractivity (Wildman–Crippen MR) is 82.1 cm³/mol. The van der Waals surface area contributed by atoms with Gasteiger partial charge >= 0.3 is 0 Å². The summed E-state index contributed by atoms with van der Waals surface area (Å²) in [5, 5.41) is 19.4. The second kappa shape index (κ2) is 6.39. The molecule has 3 atom stereocenters. The van der Waals surface area contributed by atoms with Crippen molar-refractivity contribution in [1.29, 1.82) is 0 Å². The van der Waals surface area contributed by atoms with E-state index in [1.807, 2.05) is 30.3 Å². The van der Waals surface area contributed by atoms with Crippen molar-refractivity contribution in [2.24, 2.45) is 11.8 Å². The molecule has 1 aliphatic carbocycles. The zero-order valence-electron chi connectivity index (χ0n) is 12.5. The van der Waals surface area contributed by atoms with Crippen molar-refractivity contribution in [2.45, 2.75) is 45.1 Å². The van der Waals surface area contributed by atoms with Crippen LogP contribution in [0.3, 0.4) is 0 Å². The number of aliphatic hydroxyl groups excluding tert-OH is 1. The quantitative estimate of drug-likeness (QED) is 0.935. The molecule has 1 aromatic heterocycles. The highest BCUT2D eigenvalue weighted by molar-refractivity contribution is 5.28. The van der Waals surface area contributed by atoms with Gasteiger partial charge in [-0.3, -0.25) is 0 Å². The third-order valence-corrected chi connectivity index (χ3v) is 4.65. The molecule has 21 heavy (non-hydrogen) atoms. The molecule has 0 saturated heterocycles. The maximum atomic E-state index is 10.6.